The monoisotopic (exact) mass is 481 g/mol. The summed E-state index contributed by atoms with van der Waals surface area (Å²) >= 11 is 0. The molecule has 4 rings (SSSR count). The molecule has 4 heteroatoms. The van der Waals surface area contributed by atoms with Crippen LogP contribution in [0.25, 0.3) is 33.2 Å². The number of allylic oxidation sites excluding steroid dienone is 3. The van der Waals surface area contributed by atoms with E-state index in [9.17, 15) is 0 Å². The zero-order chi connectivity index (χ0) is 25.7. The lowest BCUT2D eigenvalue weighted by atomic mass is 9.97. The standard InChI is InChI=1S/C32H35NO3/c1-22(2)13-16-33-17-14-26-19-25(9-12-30(26)33)29-21-31(34-5)28(20-32(29)35-6)24-7-10-27(11-8-24)36-18-15-23(3)4/h7-15,17,19-21H,16,18H2,1-6H3. The molecule has 1 heterocycles. The van der Waals surface area contributed by atoms with Crippen LogP contribution >= 0.6 is 0 Å². The second-order valence-electron chi connectivity index (χ2n) is 9.39. The first-order chi connectivity index (χ1) is 17.4. The third-order valence-electron chi connectivity index (χ3n) is 6.21. The largest absolute Gasteiger partial charge is 0.496 e. The van der Waals surface area contributed by atoms with Crippen molar-refractivity contribution in [1.29, 1.82) is 0 Å². The zero-order valence-electron chi connectivity index (χ0n) is 22.1. The van der Waals surface area contributed by atoms with E-state index in [1.54, 1.807) is 14.2 Å². The van der Waals surface area contributed by atoms with Gasteiger partial charge in [0.25, 0.3) is 0 Å². The van der Waals surface area contributed by atoms with Crippen LogP contribution in [-0.2, 0) is 6.54 Å². The van der Waals surface area contributed by atoms with Crippen molar-refractivity contribution >= 4 is 10.9 Å². The summed E-state index contributed by atoms with van der Waals surface area (Å²) in [6.07, 6.45) is 6.44. The van der Waals surface area contributed by atoms with Crippen LogP contribution in [0.4, 0.5) is 0 Å². The lowest BCUT2D eigenvalue weighted by Crippen LogP contribution is -1.96. The number of benzene rings is 3. The van der Waals surface area contributed by atoms with Crippen LogP contribution in [0.15, 0.2) is 90.2 Å². The first kappa shape index (κ1) is 25.2. The molecular formula is C32H35NO3. The van der Waals surface area contributed by atoms with Crippen molar-refractivity contribution in [3.05, 3.63) is 90.2 Å². The molecule has 0 spiro atoms. The predicted octanol–water partition coefficient (Wildman–Crippen LogP) is 8.30. The van der Waals surface area contributed by atoms with Crippen LogP contribution in [0.3, 0.4) is 0 Å². The van der Waals surface area contributed by atoms with Gasteiger partial charge in [0.1, 0.15) is 23.9 Å². The minimum absolute atomic E-state index is 0.566. The van der Waals surface area contributed by atoms with Gasteiger partial charge in [-0.2, -0.15) is 0 Å². The Morgan fingerprint density at radius 2 is 1.33 bits per heavy atom. The van der Waals surface area contributed by atoms with Crippen LogP contribution in [-0.4, -0.2) is 25.4 Å². The maximum absolute atomic E-state index is 5.84. The van der Waals surface area contributed by atoms with Gasteiger partial charge in [-0.05, 0) is 87.4 Å². The van der Waals surface area contributed by atoms with Gasteiger partial charge in [-0.1, -0.05) is 35.4 Å². The van der Waals surface area contributed by atoms with Crippen LogP contribution in [0, 0.1) is 0 Å². The molecule has 0 bridgehead atoms. The molecule has 186 valence electrons. The number of ether oxygens (including phenoxy) is 3. The van der Waals surface area contributed by atoms with E-state index in [0.717, 1.165) is 46.0 Å². The summed E-state index contributed by atoms with van der Waals surface area (Å²) in [4.78, 5) is 0. The lowest BCUT2D eigenvalue weighted by molar-refractivity contribution is 0.362. The second kappa shape index (κ2) is 11.2. The normalized spacial score (nSPS) is 10.7. The van der Waals surface area contributed by atoms with Crippen molar-refractivity contribution in [3.63, 3.8) is 0 Å². The van der Waals surface area contributed by atoms with Crippen LogP contribution in [0.2, 0.25) is 0 Å². The highest BCUT2D eigenvalue weighted by atomic mass is 16.5. The Balaban J connectivity index is 1.67. The van der Waals surface area contributed by atoms with Gasteiger partial charge in [0.05, 0.1) is 14.2 Å². The van der Waals surface area contributed by atoms with Crippen LogP contribution in [0.5, 0.6) is 17.2 Å². The summed E-state index contributed by atoms with van der Waals surface area (Å²) in [7, 11) is 3.42. The molecule has 0 aliphatic rings. The molecular weight excluding hydrogens is 446 g/mol. The Labute approximate surface area is 214 Å². The summed E-state index contributed by atoms with van der Waals surface area (Å²) in [6.45, 7) is 9.82. The van der Waals surface area contributed by atoms with Crippen LogP contribution in [0.1, 0.15) is 27.7 Å². The van der Waals surface area contributed by atoms with Crippen molar-refractivity contribution in [2.45, 2.75) is 34.2 Å². The fourth-order valence-electron chi connectivity index (χ4n) is 4.19. The van der Waals surface area contributed by atoms with Gasteiger partial charge in [-0.3, -0.25) is 0 Å². The van der Waals surface area contributed by atoms with Crippen molar-refractivity contribution in [3.8, 4) is 39.5 Å². The van der Waals surface area contributed by atoms with Gasteiger partial charge in [0.15, 0.2) is 0 Å². The molecule has 3 aromatic carbocycles. The lowest BCUT2D eigenvalue weighted by Gasteiger charge is -2.16. The summed E-state index contributed by atoms with van der Waals surface area (Å²) in [6, 6.07) is 20.9. The summed E-state index contributed by atoms with van der Waals surface area (Å²) in [5, 5.41) is 1.20. The first-order valence-corrected chi connectivity index (χ1v) is 12.2. The Kier molecular flexibility index (Phi) is 7.84. The molecule has 36 heavy (non-hydrogen) atoms. The van der Waals surface area contributed by atoms with Gasteiger partial charge in [-0.25, -0.2) is 0 Å². The van der Waals surface area contributed by atoms with Crippen molar-refractivity contribution < 1.29 is 14.2 Å². The fraction of sp³-hybridized carbons (Fsp3) is 0.250. The number of fused-ring (bicyclic) bond motifs is 1. The highest BCUT2D eigenvalue weighted by Gasteiger charge is 2.15. The number of aromatic nitrogens is 1. The maximum atomic E-state index is 5.84. The van der Waals surface area contributed by atoms with Crippen LogP contribution < -0.4 is 14.2 Å². The maximum Gasteiger partial charge on any atom is 0.127 e. The Morgan fingerprint density at radius 3 is 1.94 bits per heavy atom. The molecule has 0 aliphatic carbocycles. The van der Waals surface area contributed by atoms with Crippen molar-refractivity contribution in [2.75, 3.05) is 20.8 Å². The third-order valence-corrected chi connectivity index (χ3v) is 6.21. The second-order valence-corrected chi connectivity index (χ2v) is 9.39. The minimum Gasteiger partial charge on any atom is -0.496 e. The number of hydrogen-bond donors (Lipinski definition) is 0. The quantitative estimate of drug-likeness (QED) is 0.225. The van der Waals surface area contributed by atoms with E-state index >= 15 is 0 Å². The number of nitrogens with zero attached hydrogens (tertiary/aromatic N) is 1. The average Bonchev–Trinajstić information content (AvgIpc) is 3.29. The number of rotatable bonds is 9. The number of hydrogen-bond acceptors (Lipinski definition) is 3. The number of methoxy groups -OCH3 is 2. The summed E-state index contributed by atoms with van der Waals surface area (Å²) in [5.74, 6) is 2.44. The molecule has 0 aliphatic heterocycles. The Morgan fingerprint density at radius 1 is 0.722 bits per heavy atom. The van der Waals surface area contributed by atoms with E-state index in [1.807, 2.05) is 12.1 Å². The third kappa shape index (κ3) is 5.65. The van der Waals surface area contributed by atoms with E-state index < -0.39 is 0 Å². The van der Waals surface area contributed by atoms with Gasteiger partial charge < -0.3 is 18.8 Å². The topological polar surface area (TPSA) is 32.6 Å². The highest BCUT2D eigenvalue weighted by molar-refractivity contribution is 5.89. The summed E-state index contributed by atoms with van der Waals surface area (Å²) in [5.41, 5.74) is 7.87. The molecule has 0 unspecified atom stereocenters. The average molecular weight is 482 g/mol. The van der Waals surface area contributed by atoms with Gasteiger partial charge in [0.2, 0.25) is 0 Å². The Hall–Kier alpha value is -3.92. The molecule has 0 N–H and O–H groups in total. The molecule has 0 fully saturated rings. The molecule has 0 amide bonds. The van der Waals surface area contributed by atoms with E-state index in [2.05, 4.69) is 99.1 Å². The van der Waals surface area contributed by atoms with Gasteiger partial charge in [0, 0.05) is 34.8 Å². The molecule has 0 saturated carbocycles. The minimum atomic E-state index is 0.566. The molecule has 4 aromatic rings. The smallest absolute Gasteiger partial charge is 0.127 e. The molecule has 0 saturated heterocycles. The first-order valence-electron chi connectivity index (χ1n) is 12.2. The van der Waals surface area contributed by atoms with E-state index in [0.29, 0.717) is 6.61 Å². The van der Waals surface area contributed by atoms with E-state index in [-0.39, 0.29) is 0 Å². The molecule has 0 atom stereocenters. The SMILES string of the molecule is COc1cc(-c2ccc3c(ccn3CC=C(C)C)c2)c(OC)cc1-c1ccc(OCC=C(C)C)cc1. The van der Waals surface area contributed by atoms with Crippen molar-refractivity contribution in [1.82, 2.24) is 4.57 Å². The van der Waals surface area contributed by atoms with Crippen molar-refractivity contribution in [2.24, 2.45) is 0 Å². The Bertz CT molecular complexity index is 1400. The predicted molar refractivity (Wildman–Crippen MR) is 150 cm³/mol. The van der Waals surface area contributed by atoms with E-state index in [4.69, 9.17) is 14.2 Å². The summed E-state index contributed by atoms with van der Waals surface area (Å²) < 4.78 is 19.7. The van der Waals surface area contributed by atoms with E-state index in [1.165, 1.54) is 22.0 Å². The fourth-order valence-corrected chi connectivity index (χ4v) is 4.19. The highest BCUT2D eigenvalue weighted by Crippen LogP contribution is 2.41. The zero-order valence-corrected chi connectivity index (χ0v) is 22.1. The molecule has 0 radical (unpaired) electrons. The van der Waals surface area contributed by atoms with Gasteiger partial charge in [-0.15, -0.1) is 0 Å². The molecule has 1 aromatic heterocycles. The van der Waals surface area contributed by atoms with Gasteiger partial charge >= 0.3 is 0 Å². The molecule has 4 nitrogen and oxygen atoms in total.